The molecule has 0 saturated heterocycles. The molecule has 1 heterocycles. The van der Waals surface area contributed by atoms with Gasteiger partial charge in [-0.2, -0.15) is 0 Å². The van der Waals surface area contributed by atoms with Crippen LogP contribution in [0.15, 0.2) is 18.2 Å². The smallest absolute Gasteiger partial charge is 0.321 e. The highest BCUT2D eigenvalue weighted by atomic mass is 16.5. The summed E-state index contributed by atoms with van der Waals surface area (Å²) in [6, 6.07) is 4.20. The van der Waals surface area contributed by atoms with Crippen LogP contribution >= 0.6 is 0 Å². The Morgan fingerprint density at radius 2 is 2.00 bits per heavy atom. The normalized spacial score (nSPS) is 13.2. The third-order valence-corrected chi connectivity index (χ3v) is 3.73. The number of nitrogens with one attached hydrogen (secondary N) is 1. The molecule has 130 valence electrons. The van der Waals surface area contributed by atoms with Gasteiger partial charge in [-0.3, -0.25) is 14.5 Å². The maximum absolute atomic E-state index is 12.4. The summed E-state index contributed by atoms with van der Waals surface area (Å²) in [7, 11) is 3.11. The van der Waals surface area contributed by atoms with Crippen LogP contribution in [-0.4, -0.2) is 73.2 Å². The minimum atomic E-state index is -0.405. The molecule has 2 N–H and O–H groups in total. The molecule has 0 aliphatic carbocycles. The van der Waals surface area contributed by atoms with E-state index < -0.39 is 6.03 Å². The van der Waals surface area contributed by atoms with Gasteiger partial charge in [0, 0.05) is 39.5 Å². The average Bonchev–Trinajstić information content (AvgIpc) is 2.80. The topological polar surface area (TPSA) is 99.2 Å². The summed E-state index contributed by atoms with van der Waals surface area (Å²) in [4.78, 5) is 39.1. The molecule has 1 aliphatic heterocycles. The van der Waals surface area contributed by atoms with Crippen LogP contribution in [0.4, 0.5) is 10.5 Å². The summed E-state index contributed by atoms with van der Waals surface area (Å²) in [6.45, 7) is 0.812. The number of likely N-dealkylation sites (N-methyl/N-ethyl adjacent to an activating group) is 1. The van der Waals surface area contributed by atoms with Gasteiger partial charge >= 0.3 is 6.03 Å². The lowest BCUT2D eigenvalue weighted by atomic mass is 10.1. The Kier molecular flexibility index (Phi) is 5.88. The molecule has 0 atom stereocenters. The van der Waals surface area contributed by atoms with Gasteiger partial charge in [-0.25, -0.2) is 4.79 Å². The van der Waals surface area contributed by atoms with Crippen molar-refractivity contribution in [3.05, 3.63) is 29.3 Å². The fraction of sp³-hybridized carbons (Fsp3) is 0.438. The van der Waals surface area contributed by atoms with E-state index in [1.54, 1.807) is 20.2 Å². The maximum atomic E-state index is 12.4. The number of benzene rings is 1. The second kappa shape index (κ2) is 7.89. The van der Waals surface area contributed by atoms with E-state index in [-0.39, 0.29) is 30.5 Å². The molecular weight excluding hydrogens is 314 g/mol. The molecule has 0 aromatic heterocycles. The first kappa shape index (κ1) is 17.9. The highest BCUT2D eigenvalue weighted by Crippen LogP contribution is 2.26. The third kappa shape index (κ3) is 3.72. The first-order valence-corrected chi connectivity index (χ1v) is 7.61. The van der Waals surface area contributed by atoms with Gasteiger partial charge in [-0.1, -0.05) is 0 Å². The molecule has 8 heteroatoms. The Hall–Kier alpha value is -2.45. The summed E-state index contributed by atoms with van der Waals surface area (Å²) in [6.07, 6.45) is 0.567. The Balaban J connectivity index is 2.11. The molecule has 1 aliphatic rings. The number of nitrogens with zero attached hydrogens (tertiary/aromatic N) is 2. The number of anilines is 1. The van der Waals surface area contributed by atoms with Crippen molar-refractivity contribution in [3.8, 4) is 0 Å². The van der Waals surface area contributed by atoms with Crippen LogP contribution in [-0.2, 0) is 4.74 Å². The van der Waals surface area contributed by atoms with Crippen molar-refractivity contribution >= 4 is 23.5 Å². The van der Waals surface area contributed by atoms with Crippen molar-refractivity contribution in [2.75, 3.05) is 45.8 Å². The molecule has 4 amide bonds. The number of amides is 4. The van der Waals surface area contributed by atoms with Crippen molar-refractivity contribution in [3.63, 3.8) is 0 Å². The molecule has 0 saturated carbocycles. The Morgan fingerprint density at radius 3 is 2.67 bits per heavy atom. The van der Waals surface area contributed by atoms with E-state index in [4.69, 9.17) is 9.84 Å². The summed E-state index contributed by atoms with van der Waals surface area (Å²) < 4.78 is 4.94. The van der Waals surface area contributed by atoms with Gasteiger partial charge in [0.15, 0.2) is 0 Å². The van der Waals surface area contributed by atoms with Crippen LogP contribution in [0.5, 0.6) is 0 Å². The number of hydrogen-bond donors (Lipinski definition) is 2. The number of methoxy groups -OCH3 is 1. The number of imide groups is 1. The van der Waals surface area contributed by atoms with Gasteiger partial charge in [-0.05, 0) is 24.6 Å². The predicted molar refractivity (Wildman–Crippen MR) is 87.0 cm³/mol. The number of hydrogen-bond acceptors (Lipinski definition) is 5. The molecular formula is C16H21N3O5. The highest BCUT2D eigenvalue weighted by Gasteiger charge is 2.35. The lowest BCUT2D eigenvalue weighted by molar-refractivity contribution is 0.0638. The van der Waals surface area contributed by atoms with E-state index in [0.717, 1.165) is 0 Å². The molecule has 0 unspecified atom stereocenters. The molecule has 0 fully saturated rings. The number of carbonyl (C=O) groups excluding carboxylic acids is 3. The molecule has 8 nitrogen and oxygen atoms in total. The number of urea groups is 1. The first-order valence-electron chi connectivity index (χ1n) is 7.61. The average molecular weight is 335 g/mol. The first-order chi connectivity index (χ1) is 11.5. The summed E-state index contributed by atoms with van der Waals surface area (Å²) in [5.74, 6) is -0.702. The molecule has 1 aromatic rings. The van der Waals surface area contributed by atoms with Crippen LogP contribution in [0.25, 0.3) is 0 Å². The van der Waals surface area contributed by atoms with E-state index in [0.29, 0.717) is 30.8 Å². The van der Waals surface area contributed by atoms with Crippen molar-refractivity contribution in [2.45, 2.75) is 6.42 Å². The van der Waals surface area contributed by atoms with E-state index in [1.807, 2.05) is 0 Å². The van der Waals surface area contributed by atoms with E-state index >= 15 is 0 Å². The minimum absolute atomic E-state index is 0.141. The standard InChI is InChI=1S/C16H21N3O5/c1-18(7-8-20)16(23)17-11-4-5-12-13(10-11)15(22)19(14(12)21)6-3-9-24-2/h4-5,10,20H,3,6-9H2,1-2H3,(H,17,23). The van der Waals surface area contributed by atoms with Gasteiger partial charge in [0.1, 0.15) is 0 Å². The Labute approximate surface area is 140 Å². The number of aliphatic hydroxyl groups is 1. The van der Waals surface area contributed by atoms with Gasteiger partial charge < -0.3 is 20.1 Å². The lowest BCUT2D eigenvalue weighted by Crippen LogP contribution is -2.33. The number of aliphatic hydroxyl groups excluding tert-OH is 1. The van der Waals surface area contributed by atoms with Crippen molar-refractivity contribution in [1.82, 2.24) is 9.80 Å². The largest absolute Gasteiger partial charge is 0.395 e. The second-order valence-electron chi connectivity index (χ2n) is 5.44. The van der Waals surface area contributed by atoms with Gasteiger partial charge in [0.2, 0.25) is 0 Å². The summed E-state index contributed by atoms with van der Waals surface area (Å²) >= 11 is 0. The van der Waals surface area contributed by atoms with Crippen molar-refractivity contribution in [2.24, 2.45) is 0 Å². The summed E-state index contributed by atoms with van der Waals surface area (Å²) in [5, 5.41) is 11.5. The predicted octanol–water partition coefficient (Wildman–Crippen LogP) is 0.775. The maximum Gasteiger partial charge on any atom is 0.321 e. The van der Waals surface area contributed by atoms with E-state index in [2.05, 4.69) is 5.32 Å². The molecule has 1 aromatic carbocycles. The number of fused-ring (bicyclic) bond motifs is 1. The quantitative estimate of drug-likeness (QED) is 0.566. The Morgan fingerprint density at radius 1 is 1.29 bits per heavy atom. The monoisotopic (exact) mass is 335 g/mol. The molecule has 0 radical (unpaired) electrons. The summed E-state index contributed by atoms with van der Waals surface area (Å²) in [5.41, 5.74) is 1.03. The van der Waals surface area contributed by atoms with Crippen LogP contribution in [0.3, 0.4) is 0 Å². The van der Waals surface area contributed by atoms with Gasteiger partial charge in [0.05, 0.1) is 17.7 Å². The highest BCUT2D eigenvalue weighted by molar-refractivity contribution is 6.21. The SMILES string of the molecule is COCCCN1C(=O)c2ccc(NC(=O)N(C)CCO)cc2C1=O. The van der Waals surface area contributed by atoms with E-state index in [1.165, 1.54) is 21.9 Å². The zero-order valence-electron chi connectivity index (χ0n) is 13.7. The molecule has 0 bridgehead atoms. The number of ether oxygens (including phenoxy) is 1. The minimum Gasteiger partial charge on any atom is -0.395 e. The fourth-order valence-corrected chi connectivity index (χ4v) is 2.41. The Bertz CT molecular complexity index is 647. The van der Waals surface area contributed by atoms with Gasteiger partial charge in [0.25, 0.3) is 11.8 Å². The van der Waals surface area contributed by atoms with Gasteiger partial charge in [-0.15, -0.1) is 0 Å². The fourth-order valence-electron chi connectivity index (χ4n) is 2.41. The lowest BCUT2D eigenvalue weighted by Gasteiger charge is -2.16. The molecule has 0 spiro atoms. The van der Waals surface area contributed by atoms with Crippen molar-refractivity contribution < 1.29 is 24.2 Å². The second-order valence-corrected chi connectivity index (χ2v) is 5.44. The van der Waals surface area contributed by atoms with E-state index in [9.17, 15) is 14.4 Å². The third-order valence-electron chi connectivity index (χ3n) is 3.73. The van der Waals surface area contributed by atoms with Crippen LogP contribution in [0.2, 0.25) is 0 Å². The van der Waals surface area contributed by atoms with Crippen molar-refractivity contribution in [1.29, 1.82) is 0 Å². The van der Waals surface area contributed by atoms with Crippen LogP contribution < -0.4 is 5.32 Å². The molecule has 24 heavy (non-hydrogen) atoms. The zero-order chi connectivity index (χ0) is 17.7. The zero-order valence-corrected chi connectivity index (χ0v) is 13.7. The molecule has 2 rings (SSSR count). The number of rotatable bonds is 7. The van der Waals surface area contributed by atoms with Crippen LogP contribution in [0.1, 0.15) is 27.1 Å². The van der Waals surface area contributed by atoms with Crippen LogP contribution in [0, 0.1) is 0 Å². The number of carbonyl (C=O) groups is 3.